The van der Waals surface area contributed by atoms with Gasteiger partial charge in [-0.05, 0) is 35.9 Å². The molecule has 1 aliphatic rings. The van der Waals surface area contributed by atoms with Gasteiger partial charge in [-0.15, -0.1) is 0 Å². The summed E-state index contributed by atoms with van der Waals surface area (Å²) in [6.07, 6.45) is -4.71. The molecule has 2 aromatic carbocycles. The van der Waals surface area contributed by atoms with Gasteiger partial charge in [-0.3, -0.25) is 14.4 Å². The molecule has 0 aliphatic carbocycles. The molecule has 2 atom stereocenters. The van der Waals surface area contributed by atoms with Crippen molar-refractivity contribution in [2.45, 2.75) is 12.1 Å². The number of ether oxygens (including phenoxy) is 1. The van der Waals surface area contributed by atoms with Gasteiger partial charge in [0, 0.05) is 16.1 Å². The van der Waals surface area contributed by atoms with Crippen molar-refractivity contribution in [3.63, 3.8) is 0 Å². The summed E-state index contributed by atoms with van der Waals surface area (Å²) >= 11 is 9.72. The van der Waals surface area contributed by atoms with Crippen molar-refractivity contribution in [2.75, 3.05) is 18.2 Å². The number of anilines is 1. The quantitative estimate of drug-likeness (QED) is 0.346. The molecule has 0 aromatic heterocycles. The maximum atomic E-state index is 13.1. The largest absolute Gasteiger partial charge is 0.468 e. The Labute approximate surface area is 221 Å². The fourth-order valence-electron chi connectivity index (χ4n) is 3.53. The minimum absolute atomic E-state index is 0.0340. The summed E-state index contributed by atoms with van der Waals surface area (Å²) in [5.74, 6) is -4.92. The Morgan fingerprint density at radius 1 is 1.28 bits per heavy atom. The number of carbonyl (C=O) groups excluding carboxylic acids is 3. The molecule has 1 heterocycles. The van der Waals surface area contributed by atoms with Gasteiger partial charge >= 0.3 is 12.1 Å². The van der Waals surface area contributed by atoms with Crippen LogP contribution in [0.4, 0.5) is 18.9 Å². The van der Waals surface area contributed by atoms with E-state index in [-0.39, 0.29) is 22.0 Å². The van der Waals surface area contributed by atoms with Crippen LogP contribution in [0.3, 0.4) is 0 Å². The van der Waals surface area contributed by atoms with Crippen LogP contribution in [0.15, 0.2) is 57.5 Å². The number of hydrogen-bond acceptors (Lipinski definition) is 6. The molecule has 0 bridgehead atoms. The number of carbonyl (C=O) groups is 3. The number of rotatable bonds is 6. The molecule has 3 rings (SSSR count). The topological polar surface area (TPSA) is 108 Å². The van der Waals surface area contributed by atoms with Crippen molar-refractivity contribution >= 4 is 62.8 Å². The number of nitrogens with one attached hydrogen (secondary N) is 2. The first kappa shape index (κ1) is 27.6. The van der Waals surface area contributed by atoms with E-state index < -0.39 is 46.4 Å². The molecule has 0 saturated carbocycles. The van der Waals surface area contributed by atoms with E-state index in [9.17, 15) is 32.8 Å². The Bertz CT molecular complexity index is 1300. The number of amides is 2. The second kappa shape index (κ2) is 11.4. The SMILES string of the molecule is COC(=O)[C@H]1C(=O)NC(SCC(=O)Nc2ccc(Cl)c(C(F)(F)F)c2)=C(C#N)[C@H]1c1cccc(Br)c1. The lowest BCUT2D eigenvalue weighted by atomic mass is 9.78. The zero-order valence-electron chi connectivity index (χ0n) is 18.3. The maximum Gasteiger partial charge on any atom is 0.417 e. The molecular weight excluding hydrogens is 587 g/mol. The number of nitrogens with zero attached hydrogens (tertiary/aromatic N) is 1. The van der Waals surface area contributed by atoms with Gasteiger partial charge in [0.2, 0.25) is 11.8 Å². The van der Waals surface area contributed by atoms with Crippen LogP contribution in [0.1, 0.15) is 17.0 Å². The van der Waals surface area contributed by atoms with E-state index in [0.717, 1.165) is 24.9 Å². The fraction of sp³-hybridized carbons (Fsp3) is 0.217. The van der Waals surface area contributed by atoms with Gasteiger partial charge in [0.15, 0.2) is 0 Å². The van der Waals surface area contributed by atoms with E-state index in [1.54, 1.807) is 24.3 Å². The first-order chi connectivity index (χ1) is 17.0. The van der Waals surface area contributed by atoms with Gasteiger partial charge in [0.25, 0.3) is 0 Å². The summed E-state index contributed by atoms with van der Waals surface area (Å²) in [6, 6.07) is 11.7. The van der Waals surface area contributed by atoms with E-state index in [4.69, 9.17) is 16.3 Å². The lowest BCUT2D eigenvalue weighted by Crippen LogP contribution is -2.44. The van der Waals surface area contributed by atoms with E-state index in [2.05, 4.69) is 26.6 Å². The fourth-order valence-corrected chi connectivity index (χ4v) is 5.02. The molecule has 0 saturated heterocycles. The number of halogens is 5. The molecule has 0 unspecified atom stereocenters. The second-order valence-electron chi connectivity index (χ2n) is 7.41. The van der Waals surface area contributed by atoms with Gasteiger partial charge in [-0.2, -0.15) is 18.4 Å². The molecule has 36 heavy (non-hydrogen) atoms. The van der Waals surface area contributed by atoms with Crippen molar-refractivity contribution in [2.24, 2.45) is 5.92 Å². The summed E-state index contributed by atoms with van der Waals surface area (Å²) in [6.45, 7) is 0. The molecular formula is C23H16BrClF3N3O4S. The van der Waals surface area contributed by atoms with E-state index in [1.807, 2.05) is 6.07 Å². The summed E-state index contributed by atoms with van der Waals surface area (Å²) < 4.78 is 44.7. The van der Waals surface area contributed by atoms with Crippen molar-refractivity contribution < 1.29 is 32.3 Å². The van der Waals surface area contributed by atoms with E-state index in [0.29, 0.717) is 16.1 Å². The number of thioether (sulfide) groups is 1. The van der Waals surface area contributed by atoms with Crippen LogP contribution in [-0.2, 0) is 25.3 Å². The van der Waals surface area contributed by atoms with Crippen LogP contribution in [0.5, 0.6) is 0 Å². The van der Waals surface area contributed by atoms with Crippen LogP contribution in [-0.4, -0.2) is 30.6 Å². The average Bonchev–Trinajstić information content (AvgIpc) is 2.82. The van der Waals surface area contributed by atoms with Crippen LogP contribution in [0, 0.1) is 17.2 Å². The second-order valence-corrected chi connectivity index (χ2v) is 9.72. The minimum atomic E-state index is -4.71. The van der Waals surface area contributed by atoms with Gasteiger partial charge in [-0.1, -0.05) is 51.4 Å². The van der Waals surface area contributed by atoms with Gasteiger partial charge in [-0.25, -0.2) is 0 Å². The van der Waals surface area contributed by atoms with E-state index in [1.165, 1.54) is 6.07 Å². The third-order valence-corrected chi connectivity index (χ3v) is 6.93. The van der Waals surface area contributed by atoms with Crippen molar-refractivity contribution in [1.82, 2.24) is 5.32 Å². The zero-order valence-corrected chi connectivity index (χ0v) is 21.4. The van der Waals surface area contributed by atoms with Crippen molar-refractivity contribution in [3.05, 3.63) is 73.7 Å². The van der Waals surface area contributed by atoms with Crippen molar-refractivity contribution in [3.8, 4) is 6.07 Å². The number of benzene rings is 2. The predicted octanol–water partition coefficient (Wildman–Crippen LogP) is 5.23. The van der Waals surface area contributed by atoms with Gasteiger partial charge < -0.3 is 15.4 Å². The standard InChI is InChI=1S/C23H16BrClF3N3O4S/c1-35-22(34)19-18(11-3-2-4-12(24)7-11)14(9-29)21(31-20(19)33)36-10-17(32)30-13-5-6-16(25)15(8-13)23(26,27)28/h2-8,18-19H,10H2,1H3,(H,30,32)(H,31,33)/t18-,19-/m1/s1. The number of esters is 1. The Balaban J connectivity index is 1.87. The highest BCUT2D eigenvalue weighted by molar-refractivity contribution is 9.10. The number of methoxy groups -OCH3 is 1. The van der Waals surface area contributed by atoms with E-state index >= 15 is 0 Å². The zero-order chi connectivity index (χ0) is 26.6. The third-order valence-electron chi connectivity index (χ3n) is 5.09. The molecule has 2 amide bonds. The third kappa shape index (κ3) is 6.21. The Morgan fingerprint density at radius 3 is 2.61 bits per heavy atom. The monoisotopic (exact) mass is 601 g/mol. The lowest BCUT2D eigenvalue weighted by molar-refractivity contribution is -0.150. The van der Waals surface area contributed by atoms with Crippen LogP contribution in [0.2, 0.25) is 5.02 Å². The number of hydrogen-bond donors (Lipinski definition) is 2. The summed E-state index contributed by atoms with van der Waals surface area (Å²) in [5, 5.41) is 14.2. The molecule has 0 spiro atoms. The number of alkyl halides is 3. The molecule has 0 fully saturated rings. The highest BCUT2D eigenvalue weighted by Gasteiger charge is 2.44. The molecule has 2 N–H and O–H groups in total. The smallest absolute Gasteiger partial charge is 0.417 e. The maximum absolute atomic E-state index is 13.1. The molecule has 1 aliphatic heterocycles. The number of allylic oxidation sites excluding steroid dienone is 1. The van der Waals surface area contributed by atoms with Crippen molar-refractivity contribution in [1.29, 1.82) is 5.26 Å². The van der Waals surface area contributed by atoms with Crippen LogP contribution in [0.25, 0.3) is 0 Å². The molecule has 2 aromatic rings. The summed E-state index contributed by atoms with van der Waals surface area (Å²) in [7, 11) is 1.12. The lowest BCUT2D eigenvalue weighted by Gasteiger charge is -2.31. The first-order valence-electron chi connectivity index (χ1n) is 10.0. The summed E-state index contributed by atoms with van der Waals surface area (Å²) in [4.78, 5) is 37.7. The number of nitriles is 1. The first-order valence-corrected chi connectivity index (χ1v) is 12.2. The normalized spacial score (nSPS) is 17.8. The Morgan fingerprint density at radius 2 is 2.00 bits per heavy atom. The Kier molecular flexibility index (Phi) is 8.71. The van der Waals surface area contributed by atoms with Crippen LogP contribution < -0.4 is 10.6 Å². The average molecular weight is 603 g/mol. The molecule has 0 radical (unpaired) electrons. The minimum Gasteiger partial charge on any atom is -0.468 e. The highest BCUT2D eigenvalue weighted by Crippen LogP contribution is 2.41. The van der Waals surface area contributed by atoms with Gasteiger partial charge in [0.1, 0.15) is 5.92 Å². The highest BCUT2D eigenvalue weighted by atomic mass is 79.9. The molecule has 13 heteroatoms. The van der Waals surface area contributed by atoms with Crippen LogP contribution >= 0.6 is 39.3 Å². The summed E-state index contributed by atoms with van der Waals surface area (Å²) in [5.41, 5.74) is -0.701. The predicted molar refractivity (Wildman–Crippen MR) is 131 cm³/mol. The van der Waals surface area contributed by atoms with Gasteiger partial charge in [0.05, 0.1) is 40.1 Å². The molecule has 7 nitrogen and oxygen atoms in total. The Hall–Kier alpha value is -3.01. The molecule has 188 valence electrons.